The van der Waals surface area contributed by atoms with Gasteiger partial charge in [-0.25, -0.2) is 4.39 Å². The van der Waals surface area contributed by atoms with Gasteiger partial charge in [0.1, 0.15) is 23.1 Å². The van der Waals surface area contributed by atoms with Crippen LogP contribution in [-0.4, -0.2) is 7.11 Å². The third kappa shape index (κ3) is 2.78. The van der Waals surface area contributed by atoms with Crippen molar-refractivity contribution in [2.24, 2.45) is 5.73 Å². The van der Waals surface area contributed by atoms with Crippen molar-refractivity contribution in [3.05, 3.63) is 53.8 Å². The maximum Gasteiger partial charge on any atom is 0.132 e. The minimum absolute atomic E-state index is 0.225. The number of halogens is 1. The highest BCUT2D eigenvalue weighted by molar-refractivity contribution is 5.39. The number of hydrogen-bond donors (Lipinski definition) is 1. The summed E-state index contributed by atoms with van der Waals surface area (Å²) in [5.41, 5.74) is 6.18. The molecule has 2 rings (SSSR count). The second-order valence-corrected chi connectivity index (χ2v) is 3.73. The fraction of sp³-hybridized carbons (Fsp3) is 0.143. The summed E-state index contributed by atoms with van der Waals surface area (Å²) >= 11 is 0. The molecule has 2 aromatic rings. The van der Waals surface area contributed by atoms with Gasteiger partial charge in [0, 0.05) is 12.1 Å². The summed E-state index contributed by atoms with van der Waals surface area (Å²) in [5, 5.41) is 0. The lowest BCUT2D eigenvalue weighted by atomic mass is 10.2. The molecule has 0 saturated heterocycles. The Morgan fingerprint density at radius 3 is 2.33 bits per heavy atom. The molecule has 18 heavy (non-hydrogen) atoms. The molecule has 0 aromatic heterocycles. The molecule has 0 heterocycles. The van der Waals surface area contributed by atoms with Crippen LogP contribution < -0.4 is 15.2 Å². The van der Waals surface area contributed by atoms with Crippen LogP contribution in [0.2, 0.25) is 0 Å². The number of hydrogen-bond acceptors (Lipinski definition) is 3. The van der Waals surface area contributed by atoms with Gasteiger partial charge in [-0.3, -0.25) is 0 Å². The smallest absolute Gasteiger partial charge is 0.132 e. The largest absolute Gasteiger partial charge is 0.497 e. The first-order valence-electron chi connectivity index (χ1n) is 5.53. The van der Waals surface area contributed by atoms with Gasteiger partial charge in [-0.2, -0.15) is 0 Å². The van der Waals surface area contributed by atoms with Crippen molar-refractivity contribution < 1.29 is 13.9 Å². The zero-order chi connectivity index (χ0) is 13.0. The van der Waals surface area contributed by atoms with Gasteiger partial charge in [-0.15, -0.1) is 0 Å². The number of benzene rings is 2. The first-order valence-corrected chi connectivity index (χ1v) is 5.53. The van der Waals surface area contributed by atoms with Gasteiger partial charge in [0.25, 0.3) is 0 Å². The number of methoxy groups -OCH3 is 1. The van der Waals surface area contributed by atoms with Gasteiger partial charge in [-0.1, -0.05) is 0 Å². The van der Waals surface area contributed by atoms with Gasteiger partial charge < -0.3 is 15.2 Å². The van der Waals surface area contributed by atoms with Crippen LogP contribution >= 0.6 is 0 Å². The molecule has 0 unspecified atom stereocenters. The van der Waals surface area contributed by atoms with Crippen LogP contribution in [-0.2, 0) is 6.54 Å². The Bertz CT molecular complexity index is 526. The van der Waals surface area contributed by atoms with Crippen molar-refractivity contribution in [3.63, 3.8) is 0 Å². The van der Waals surface area contributed by atoms with Crippen LogP contribution in [0.5, 0.6) is 17.2 Å². The SMILES string of the molecule is COc1ccc(Oc2ccc(F)cc2CN)cc1. The van der Waals surface area contributed by atoms with Gasteiger partial charge >= 0.3 is 0 Å². The average Bonchev–Trinajstić information content (AvgIpc) is 2.41. The predicted octanol–water partition coefficient (Wildman–Crippen LogP) is 3.09. The Labute approximate surface area is 105 Å². The number of nitrogens with two attached hydrogens (primary N) is 1. The van der Waals surface area contributed by atoms with E-state index in [1.165, 1.54) is 12.1 Å². The van der Waals surface area contributed by atoms with Crippen LogP contribution in [0.25, 0.3) is 0 Å². The number of ether oxygens (including phenoxy) is 2. The maximum absolute atomic E-state index is 13.0. The molecule has 0 aliphatic heterocycles. The molecule has 2 N–H and O–H groups in total. The second-order valence-electron chi connectivity index (χ2n) is 3.73. The molecule has 0 atom stereocenters. The molecular formula is C14H14FNO2. The van der Waals surface area contributed by atoms with E-state index >= 15 is 0 Å². The molecule has 0 aliphatic carbocycles. The molecule has 0 amide bonds. The van der Waals surface area contributed by atoms with Gasteiger partial charge in [0.15, 0.2) is 0 Å². The summed E-state index contributed by atoms with van der Waals surface area (Å²) in [5.74, 6) is 1.64. The van der Waals surface area contributed by atoms with Crippen molar-refractivity contribution in [3.8, 4) is 17.2 Å². The molecule has 0 aliphatic rings. The van der Waals surface area contributed by atoms with Crippen molar-refractivity contribution in [2.75, 3.05) is 7.11 Å². The highest BCUT2D eigenvalue weighted by Gasteiger charge is 2.05. The molecule has 0 saturated carbocycles. The molecule has 0 radical (unpaired) electrons. The zero-order valence-corrected chi connectivity index (χ0v) is 10.0. The van der Waals surface area contributed by atoms with Gasteiger partial charge in [0.2, 0.25) is 0 Å². The Kier molecular flexibility index (Phi) is 3.79. The first kappa shape index (κ1) is 12.4. The summed E-state index contributed by atoms with van der Waals surface area (Å²) in [6, 6.07) is 11.4. The summed E-state index contributed by atoms with van der Waals surface area (Å²) in [6.07, 6.45) is 0. The Balaban J connectivity index is 2.22. The van der Waals surface area contributed by atoms with E-state index in [4.69, 9.17) is 15.2 Å². The standard InChI is InChI=1S/C14H14FNO2/c1-17-12-3-5-13(6-4-12)18-14-7-2-11(15)8-10(14)9-16/h2-8H,9,16H2,1H3. The van der Waals surface area contributed by atoms with E-state index in [0.717, 1.165) is 5.75 Å². The molecule has 2 aromatic carbocycles. The van der Waals surface area contributed by atoms with E-state index < -0.39 is 0 Å². The molecule has 4 heteroatoms. The van der Waals surface area contributed by atoms with E-state index in [2.05, 4.69) is 0 Å². The summed E-state index contributed by atoms with van der Waals surface area (Å²) in [6.45, 7) is 0.225. The third-order valence-electron chi connectivity index (χ3n) is 2.53. The average molecular weight is 247 g/mol. The molecule has 0 fully saturated rings. The lowest BCUT2D eigenvalue weighted by molar-refractivity contribution is 0.412. The fourth-order valence-electron chi connectivity index (χ4n) is 1.58. The minimum atomic E-state index is -0.322. The van der Waals surface area contributed by atoms with Crippen molar-refractivity contribution in [2.45, 2.75) is 6.54 Å². The van der Waals surface area contributed by atoms with Crippen LogP contribution in [0.4, 0.5) is 4.39 Å². The lowest BCUT2D eigenvalue weighted by Gasteiger charge is -2.10. The fourth-order valence-corrected chi connectivity index (χ4v) is 1.58. The minimum Gasteiger partial charge on any atom is -0.497 e. The molecule has 94 valence electrons. The Morgan fingerprint density at radius 1 is 1.06 bits per heavy atom. The van der Waals surface area contributed by atoms with Gasteiger partial charge in [-0.05, 0) is 42.5 Å². The van der Waals surface area contributed by atoms with Crippen LogP contribution in [0.3, 0.4) is 0 Å². The first-order chi connectivity index (χ1) is 8.72. The number of rotatable bonds is 4. The van der Waals surface area contributed by atoms with E-state index in [9.17, 15) is 4.39 Å². The molecule has 0 bridgehead atoms. The normalized spacial score (nSPS) is 10.2. The highest BCUT2D eigenvalue weighted by Crippen LogP contribution is 2.27. The molecule has 3 nitrogen and oxygen atoms in total. The van der Waals surface area contributed by atoms with Crippen molar-refractivity contribution in [1.82, 2.24) is 0 Å². The van der Waals surface area contributed by atoms with Crippen LogP contribution in [0.1, 0.15) is 5.56 Å². The van der Waals surface area contributed by atoms with E-state index in [1.54, 1.807) is 37.4 Å². The Morgan fingerprint density at radius 2 is 1.72 bits per heavy atom. The van der Waals surface area contributed by atoms with E-state index in [0.29, 0.717) is 17.1 Å². The highest BCUT2D eigenvalue weighted by atomic mass is 19.1. The van der Waals surface area contributed by atoms with E-state index in [-0.39, 0.29) is 12.4 Å². The van der Waals surface area contributed by atoms with Crippen LogP contribution in [0.15, 0.2) is 42.5 Å². The van der Waals surface area contributed by atoms with Crippen LogP contribution in [0, 0.1) is 5.82 Å². The molecule has 0 spiro atoms. The third-order valence-corrected chi connectivity index (χ3v) is 2.53. The topological polar surface area (TPSA) is 44.5 Å². The lowest BCUT2D eigenvalue weighted by Crippen LogP contribution is -2.00. The summed E-state index contributed by atoms with van der Waals surface area (Å²) in [7, 11) is 1.60. The zero-order valence-electron chi connectivity index (χ0n) is 10.0. The van der Waals surface area contributed by atoms with E-state index in [1.807, 2.05) is 0 Å². The van der Waals surface area contributed by atoms with Crippen molar-refractivity contribution >= 4 is 0 Å². The quantitative estimate of drug-likeness (QED) is 0.903. The Hall–Kier alpha value is -2.07. The second kappa shape index (κ2) is 5.51. The van der Waals surface area contributed by atoms with Crippen molar-refractivity contribution in [1.29, 1.82) is 0 Å². The van der Waals surface area contributed by atoms with Gasteiger partial charge in [0.05, 0.1) is 7.11 Å². The molecular weight excluding hydrogens is 233 g/mol. The summed E-state index contributed by atoms with van der Waals surface area (Å²) in [4.78, 5) is 0. The monoisotopic (exact) mass is 247 g/mol. The maximum atomic E-state index is 13.0. The predicted molar refractivity (Wildman–Crippen MR) is 67.4 cm³/mol. The summed E-state index contributed by atoms with van der Waals surface area (Å²) < 4.78 is 23.8.